The van der Waals surface area contributed by atoms with Crippen LogP contribution in [0.4, 0.5) is 0 Å². The Morgan fingerprint density at radius 2 is 1.83 bits per heavy atom. The molecule has 1 aromatic carbocycles. The number of phenolic OH excluding ortho intramolecular Hbond substituents is 1. The van der Waals surface area contributed by atoms with Crippen LogP contribution in [0, 0.1) is 5.92 Å². The second-order valence-corrected chi connectivity index (χ2v) is 6.40. The minimum atomic E-state index is 0. The Labute approximate surface area is 158 Å². The number of hydrogen-bond donors (Lipinski definition) is 2. The monoisotopic (exact) mass is 378 g/mol. The summed E-state index contributed by atoms with van der Waals surface area (Å²) >= 11 is 0. The zero-order valence-corrected chi connectivity index (χ0v) is 16.6. The van der Waals surface area contributed by atoms with E-state index in [1.807, 2.05) is 25.1 Å². The average molecular weight is 379 g/mol. The molecule has 0 radical (unpaired) electrons. The first-order chi connectivity index (χ1) is 10.6. The van der Waals surface area contributed by atoms with E-state index in [2.05, 4.69) is 24.1 Å². The predicted octanol–water partition coefficient (Wildman–Crippen LogP) is 4.02. The van der Waals surface area contributed by atoms with Crippen molar-refractivity contribution < 1.29 is 9.84 Å². The van der Waals surface area contributed by atoms with E-state index in [9.17, 15) is 5.11 Å². The van der Waals surface area contributed by atoms with E-state index in [1.54, 1.807) is 0 Å². The molecule has 140 valence electrons. The fourth-order valence-electron chi connectivity index (χ4n) is 3.10. The number of hydrogen-bond acceptors (Lipinski definition) is 4. The van der Waals surface area contributed by atoms with Crippen molar-refractivity contribution in [2.75, 3.05) is 32.8 Å². The molecule has 1 saturated heterocycles. The van der Waals surface area contributed by atoms with Crippen molar-refractivity contribution >= 4 is 24.8 Å². The maximum absolute atomic E-state index is 10.6. The number of halogens is 2. The van der Waals surface area contributed by atoms with Crippen molar-refractivity contribution in [3.8, 4) is 11.5 Å². The van der Waals surface area contributed by atoms with Gasteiger partial charge in [0.1, 0.15) is 0 Å². The molecule has 0 spiro atoms. The molecule has 1 aliphatic heterocycles. The summed E-state index contributed by atoms with van der Waals surface area (Å²) < 4.78 is 5.56. The largest absolute Gasteiger partial charge is 0.504 e. The number of piperazine rings is 1. The Balaban J connectivity index is 0.00000264. The van der Waals surface area contributed by atoms with Crippen molar-refractivity contribution in [1.29, 1.82) is 0 Å². The highest BCUT2D eigenvalue weighted by atomic mass is 35.5. The molecule has 24 heavy (non-hydrogen) atoms. The van der Waals surface area contributed by atoms with Crippen molar-refractivity contribution in [3.63, 3.8) is 0 Å². The molecule has 1 aliphatic rings. The number of para-hydroxylation sites is 1. The van der Waals surface area contributed by atoms with E-state index in [0.717, 1.165) is 44.6 Å². The van der Waals surface area contributed by atoms with E-state index in [1.165, 1.54) is 0 Å². The molecular formula is C18H32Cl2N2O2. The molecule has 0 bridgehead atoms. The standard InChI is InChI=1S/C18H30N2O2.2ClH/c1-4-22-17-7-5-6-15(18(17)21)16(9-8-14(2)3)20-12-10-19-11-13-20;;/h5-7,14,16,19,21H,4,8-13H2,1-3H3;2*1H/t16-;;/m1../s1. The highest BCUT2D eigenvalue weighted by Crippen LogP contribution is 2.38. The molecular weight excluding hydrogens is 347 g/mol. The summed E-state index contributed by atoms with van der Waals surface area (Å²) in [4.78, 5) is 2.49. The fraction of sp³-hybridized carbons (Fsp3) is 0.667. The summed E-state index contributed by atoms with van der Waals surface area (Å²) in [7, 11) is 0. The van der Waals surface area contributed by atoms with Gasteiger partial charge in [0.15, 0.2) is 11.5 Å². The topological polar surface area (TPSA) is 44.7 Å². The lowest BCUT2D eigenvalue weighted by molar-refractivity contribution is 0.156. The first-order valence-corrected chi connectivity index (χ1v) is 8.53. The number of benzene rings is 1. The van der Waals surface area contributed by atoms with Crippen LogP contribution < -0.4 is 10.1 Å². The predicted molar refractivity (Wildman–Crippen MR) is 105 cm³/mol. The maximum atomic E-state index is 10.6. The number of nitrogens with one attached hydrogen (secondary N) is 1. The highest BCUT2D eigenvalue weighted by Gasteiger charge is 2.25. The summed E-state index contributed by atoms with van der Waals surface area (Å²) in [5, 5.41) is 14.0. The lowest BCUT2D eigenvalue weighted by Gasteiger charge is -2.36. The van der Waals surface area contributed by atoms with Crippen molar-refractivity contribution in [1.82, 2.24) is 10.2 Å². The van der Waals surface area contributed by atoms with Gasteiger partial charge >= 0.3 is 0 Å². The molecule has 6 heteroatoms. The van der Waals surface area contributed by atoms with E-state index >= 15 is 0 Å². The summed E-state index contributed by atoms with van der Waals surface area (Å²) in [5.41, 5.74) is 1.01. The normalized spacial score (nSPS) is 16.2. The Hall–Kier alpha value is -0.680. The molecule has 4 nitrogen and oxygen atoms in total. The van der Waals surface area contributed by atoms with Crippen molar-refractivity contribution in [2.24, 2.45) is 5.92 Å². The highest BCUT2D eigenvalue weighted by molar-refractivity contribution is 5.85. The van der Waals surface area contributed by atoms with Crippen LogP contribution in [0.3, 0.4) is 0 Å². The molecule has 0 saturated carbocycles. The van der Waals surface area contributed by atoms with E-state index < -0.39 is 0 Å². The SMILES string of the molecule is CCOc1cccc([C@@H](CCC(C)C)N2CCNCC2)c1O.Cl.Cl. The lowest BCUT2D eigenvalue weighted by atomic mass is 9.95. The van der Waals surface area contributed by atoms with Gasteiger partial charge in [-0.25, -0.2) is 0 Å². The van der Waals surface area contributed by atoms with Gasteiger partial charge in [0.2, 0.25) is 0 Å². The number of ether oxygens (including phenoxy) is 1. The maximum Gasteiger partial charge on any atom is 0.162 e. The van der Waals surface area contributed by atoms with Crippen LogP contribution in [0.15, 0.2) is 18.2 Å². The van der Waals surface area contributed by atoms with Crippen LogP contribution in [0.2, 0.25) is 0 Å². The number of aromatic hydroxyl groups is 1. The minimum Gasteiger partial charge on any atom is -0.504 e. The van der Waals surface area contributed by atoms with Gasteiger partial charge in [0.25, 0.3) is 0 Å². The van der Waals surface area contributed by atoms with Crippen LogP contribution in [-0.2, 0) is 0 Å². The Morgan fingerprint density at radius 3 is 2.42 bits per heavy atom. The van der Waals surface area contributed by atoms with Gasteiger partial charge in [-0.3, -0.25) is 4.90 Å². The van der Waals surface area contributed by atoms with Gasteiger partial charge in [0.05, 0.1) is 6.61 Å². The second-order valence-electron chi connectivity index (χ2n) is 6.40. The first kappa shape index (κ1) is 23.3. The molecule has 2 N–H and O–H groups in total. The van der Waals surface area contributed by atoms with E-state index in [-0.39, 0.29) is 30.9 Å². The van der Waals surface area contributed by atoms with Crippen molar-refractivity contribution in [3.05, 3.63) is 23.8 Å². The van der Waals surface area contributed by atoms with Gasteiger partial charge in [0, 0.05) is 37.8 Å². The molecule has 1 heterocycles. The number of rotatable bonds is 7. The summed E-state index contributed by atoms with van der Waals surface area (Å²) in [6, 6.07) is 6.15. The molecule has 1 aromatic rings. The zero-order valence-electron chi connectivity index (χ0n) is 15.0. The van der Waals surface area contributed by atoms with E-state index in [0.29, 0.717) is 24.0 Å². The quantitative estimate of drug-likeness (QED) is 0.751. The molecule has 0 amide bonds. The van der Waals surface area contributed by atoms with Crippen LogP contribution in [0.1, 0.15) is 45.2 Å². The van der Waals surface area contributed by atoms with Gasteiger partial charge in [-0.05, 0) is 31.7 Å². The summed E-state index contributed by atoms with van der Waals surface area (Å²) in [5.74, 6) is 1.59. The van der Waals surface area contributed by atoms with Crippen LogP contribution in [-0.4, -0.2) is 42.8 Å². The van der Waals surface area contributed by atoms with Crippen LogP contribution in [0.25, 0.3) is 0 Å². The van der Waals surface area contributed by atoms with Gasteiger partial charge in [-0.1, -0.05) is 26.0 Å². The second kappa shape index (κ2) is 11.8. The fourth-order valence-corrected chi connectivity index (χ4v) is 3.10. The molecule has 0 unspecified atom stereocenters. The van der Waals surface area contributed by atoms with Gasteiger partial charge in [-0.15, -0.1) is 24.8 Å². The summed E-state index contributed by atoms with van der Waals surface area (Å²) in [6.45, 7) is 11.1. The third kappa shape index (κ3) is 6.32. The smallest absolute Gasteiger partial charge is 0.162 e. The Morgan fingerprint density at radius 1 is 1.17 bits per heavy atom. The van der Waals surface area contributed by atoms with Gasteiger partial charge in [-0.2, -0.15) is 0 Å². The molecule has 1 fully saturated rings. The Bertz CT molecular complexity index is 466. The lowest BCUT2D eigenvalue weighted by Crippen LogP contribution is -2.45. The molecule has 1 atom stereocenters. The minimum absolute atomic E-state index is 0. The molecule has 2 rings (SSSR count). The number of phenols is 1. The third-order valence-electron chi connectivity index (χ3n) is 4.30. The third-order valence-corrected chi connectivity index (χ3v) is 4.30. The molecule has 0 aliphatic carbocycles. The first-order valence-electron chi connectivity index (χ1n) is 8.53. The summed E-state index contributed by atoms with van der Waals surface area (Å²) in [6.07, 6.45) is 2.23. The average Bonchev–Trinajstić information content (AvgIpc) is 2.52. The number of nitrogens with zero attached hydrogens (tertiary/aromatic N) is 1. The van der Waals surface area contributed by atoms with Crippen LogP contribution in [0.5, 0.6) is 11.5 Å². The Kier molecular flexibility index (Phi) is 11.5. The zero-order chi connectivity index (χ0) is 15.9. The van der Waals surface area contributed by atoms with Crippen molar-refractivity contribution in [2.45, 2.75) is 39.7 Å². The van der Waals surface area contributed by atoms with Gasteiger partial charge < -0.3 is 15.2 Å². The molecule has 0 aromatic heterocycles. The van der Waals surface area contributed by atoms with Crippen LogP contribution >= 0.6 is 24.8 Å². The van der Waals surface area contributed by atoms with E-state index in [4.69, 9.17) is 4.74 Å².